The summed E-state index contributed by atoms with van der Waals surface area (Å²) in [5.41, 5.74) is 1.14. The number of urea groups is 1. The third-order valence-electron chi connectivity index (χ3n) is 4.39. The van der Waals surface area contributed by atoms with Gasteiger partial charge in [0.2, 0.25) is 0 Å². The number of hydrogen-bond acceptors (Lipinski definition) is 4. The predicted octanol–water partition coefficient (Wildman–Crippen LogP) is 2.52. The number of carbonyl (C=O) groups is 1. The quantitative estimate of drug-likeness (QED) is 0.779. The molecule has 2 amide bonds. The summed E-state index contributed by atoms with van der Waals surface area (Å²) < 4.78 is 0. The van der Waals surface area contributed by atoms with Crippen LogP contribution < -0.4 is 10.6 Å². The van der Waals surface area contributed by atoms with Crippen molar-refractivity contribution < 1.29 is 9.90 Å². The number of nitrogens with one attached hydrogen (secondary N) is 2. The number of benzene rings is 1. The van der Waals surface area contributed by atoms with Gasteiger partial charge in [-0.1, -0.05) is 24.3 Å². The van der Waals surface area contributed by atoms with Crippen LogP contribution in [0.25, 0.3) is 0 Å². The summed E-state index contributed by atoms with van der Waals surface area (Å²) in [5.74, 6) is 0. The average molecular weight is 345 g/mol. The van der Waals surface area contributed by atoms with Crippen LogP contribution in [0, 0.1) is 6.92 Å². The first-order valence-corrected chi connectivity index (χ1v) is 9.12. The minimum Gasteiger partial charge on any atom is -0.383 e. The van der Waals surface area contributed by atoms with Gasteiger partial charge in [0.25, 0.3) is 0 Å². The van der Waals surface area contributed by atoms with Crippen molar-refractivity contribution in [3.63, 3.8) is 0 Å². The van der Waals surface area contributed by atoms with Crippen LogP contribution in [0.5, 0.6) is 0 Å². The molecule has 2 aromatic rings. The Morgan fingerprint density at radius 2 is 2.21 bits per heavy atom. The Labute approximate surface area is 146 Å². The van der Waals surface area contributed by atoms with Crippen LogP contribution >= 0.6 is 11.3 Å². The molecule has 24 heavy (non-hydrogen) atoms. The number of aryl methyl sites for hydroxylation is 2. The molecular formula is C18H23N3O2S. The molecule has 0 bridgehead atoms. The smallest absolute Gasteiger partial charge is 0.314 e. The van der Waals surface area contributed by atoms with E-state index >= 15 is 0 Å². The third-order valence-corrected chi connectivity index (χ3v) is 5.36. The summed E-state index contributed by atoms with van der Waals surface area (Å²) in [6.07, 6.45) is 5.15. The molecule has 5 nitrogen and oxygen atoms in total. The predicted molar refractivity (Wildman–Crippen MR) is 95.2 cm³/mol. The van der Waals surface area contributed by atoms with Crippen LogP contribution in [0.15, 0.2) is 30.5 Å². The summed E-state index contributed by atoms with van der Waals surface area (Å²) >= 11 is 1.64. The molecular weight excluding hydrogens is 322 g/mol. The highest BCUT2D eigenvalue weighted by Crippen LogP contribution is 2.34. The fourth-order valence-electron chi connectivity index (χ4n) is 3.17. The second kappa shape index (κ2) is 7.32. The van der Waals surface area contributed by atoms with Crippen LogP contribution in [-0.2, 0) is 18.4 Å². The van der Waals surface area contributed by atoms with Crippen molar-refractivity contribution in [1.29, 1.82) is 0 Å². The highest BCUT2D eigenvalue weighted by molar-refractivity contribution is 7.11. The lowest BCUT2D eigenvalue weighted by molar-refractivity contribution is 0.0217. The number of rotatable bonds is 5. The molecule has 0 radical (unpaired) electrons. The van der Waals surface area contributed by atoms with Gasteiger partial charge in [0.15, 0.2) is 0 Å². The first-order valence-electron chi connectivity index (χ1n) is 8.31. The van der Waals surface area contributed by atoms with Gasteiger partial charge in [0, 0.05) is 24.0 Å². The van der Waals surface area contributed by atoms with Crippen molar-refractivity contribution in [3.05, 3.63) is 51.5 Å². The molecule has 0 spiro atoms. The molecule has 1 aliphatic rings. The van der Waals surface area contributed by atoms with E-state index in [9.17, 15) is 9.90 Å². The Morgan fingerprint density at radius 1 is 1.38 bits per heavy atom. The fourth-order valence-corrected chi connectivity index (χ4v) is 3.96. The van der Waals surface area contributed by atoms with Gasteiger partial charge >= 0.3 is 6.03 Å². The van der Waals surface area contributed by atoms with Crippen LogP contribution in [0.2, 0.25) is 0 Å². The molecule has 0 aliphatic heterocycles. The molecule has 6 heteroatoms. The summed E-state index contributed by atoms with van der Waals surface area (Å²) in [6.45, 7) is 2.78. The number of hydrogen-bond donors (Lipinski definition) is 3. The van der Waals surface area contributed by atoms with E-state index in [-0.39, 0.29) is 12.6 Å². The monoisotopic (exact) mass is 345 g/mol. The third kappa shape index (κ3) is 3.94. The zero-order valence-electron chi connectivity index (χ0n) is 13.8. The number of fused-ring (bicyclic) bond motifs is 1. The lowest BCUT2D eigenvalue weighted by Gasteiger charge is -2.34. The topological polar surface area (TPSA) is 74.2 Å². The van der Waals surface area contributed by atoms with Gasteiger partial charge in [-0.2, -0.15) is 0 Å². The number of aromatic nitrogens is 1. The van der Waals surface area contributed by atoms with E-state index in [0.717, 1.165) is 29.8 Å². The van der Waals surface area contributed by atoms with Gasteiger partial charge in [-0.3, -0.25) is 0 Å². The number of carbonyl (C=O) groups excluding carboxylic acids is 1. The minimum atomic E-state index is -0.974. The van der Waals surface area contributed by atoms with Crippen LogP contribution in [0.1, 0.15) is 33.9 Å². The molecule has 1 heterocycles. The molecule has 1 aromatic heterocycles. The molecule has 0 saturated heterocycles. The van der Waals surface area contributed by atoms with Gasteiger partial charge < -0.3 is 15.7 Å². The number of aliphatic hydroxyl groups is 1. The van der Waals surface area contributed by atoms with Gasteiger partial charge in [0.05, 0.1) is 11.6 Å². The number of nitrogens with zero attached hydrogens (tertiary/aromatic N) is 1. The maximum absolute atomic E-state index is 12.0. The van der Waals surface area contributed by atoms with Crippen molar-refractivity contribution in [2.45, 2.75) is 38.2 Å². The Balaban J connectivity index is 1.49. The standard InChI is InChI=1S/C18H23N3O2S/c1-13-11-20-16(24-13)8-10-19-17(22)21-12-18(23)9-4-6-14-5-2-3-7-15(14)18/h2-3,5,7,11,23H,4,6,8-10,12H2,1H3,(H2,19,21,22). The first-order chi connectivity index (χ1) is 11.6. The highest BCUT2D eigenvalue weighted by atomic mass is 32.1. The molecule has 128 valence electrons. The Hall–Kier alpha value is -1.92. The molecule has 3 rings (SSSR count). The Bertz CT molecular complexity index is 716. The van der Waals surface area contributed by atoms with Gasteiger partial charge in [0.1, 0.15) is 5.60 Å². The normalized spacial score (nSPS) is 19.6. The fraction of sp³-hybridized carbons (Fsp3) is 0.444. The molecule has 1 aromatic carbocycles. The number of amides is 2. The minimum absolute atomic E-state index is 0.228. The van der Waals surface area contributed by atoms with Crippen molar-refractivity contribution in [2.75, 3.05) is 13.1 Å². The second-order valence-electron chi connectivity index (χ2n) is 6.27. The molecule has 1 unspecified atom stereocenters. The summed E-state index contributed by atoms with van der Waals surface area (Å²) in [4.78, 5) is 17.4. The van der Waals surface area contributed by atoms with Gasteiger partial charge in [-0.15, -0.1) is 11.3 Å². The van der Waals surface area contributed by atoms with Crippen molar-refractivity contribution >= 4 is 17.4 Å². The first kappa shape index (κ1) is 16.9. The van der Waals surface area contributed by atoms with Gasteiger partial charge in [-0.05, 0) is 37.3 Å². The second-order valence-corrected chi connectivity index (χ2v) is 7.59. The van der Waals surface area contributed by atoms with Crippen molar-refractivity contribution in [1.82, 2.24) is 15.6 Å². The van der Waals surface area contributed by atoms with Crippen LogP contribution in [0.3, 0.4) is 0 Å². The van der Waals surface area contributed by atoms with E-state index in [0.29, 0.717) is 13.0 Å². The lowest BCUT2D eigenvalue weighted by atomic mass is 9.79. The Kier molecular flexibility index (Phi) is 5.16. The SMILES string of the molecule is Cc1cnc(CCNC(=O)NCC2(O)CCCc3ccccc32)s1. The molecule has 0 fully saturated rings. The van der Waals surface area contributed by atoms with E-state index < -0.39 is 5.60 Å². The maximum atomic E-state index is 12.0. The molecule has 0 saturated carbocycles. The lowest BCUT2D eigenvalue weighted by Crippen LogP contribution is -2.46. The maximum Gasteiger partial charge on any atom is 0.314 e. The molecule has 1 atom stereocenters. The summed E-state index contributed by atoms with van der Waals surface area (Å²) in [7, 11) is 0. The van der Waals surface area contributed by atoms with Crippen LogP contribution in [0.4, 0.5) is 4.79 Å². The van der Waals surface area contributed by atoms with E-state index in [1.807, 2.05) is 31.3 Å². The molecule has 3 N–H and O–H groups in total. The average Bonchev–Trinajstić information content (AvgIpc) is 2.99. The van der Waals surface area contributed by atoms with E-state index in [2.05, 4.69) is 21.7 Å². The highest BCUT2D eigenvalue weighted by Gasteiger charge is 2.34. The van der Waals surface area contributed by atoms with Crippen LogP contribution in [-0.4, -0.2) is 29.2 Å². The van der Waals surface area contributed by atoms with Crippen molar-refractivity contribution in [3.8, 4) is 0 Å². The van der Waals surface area contributed by atoms with E-state index in [1.165, 1.54) is 10.4 Å². The number of thiazole rings is 1. The summed E-state index contributed by atoms with van der Waals surface area (Å²) in [5, 5.41) is 17.6. The summed E-state index contributed by atoms with van der Waals surface area (Å²) in [6, 6.07) is 7.68. The largest absolute Gasteiger partial charge is 0.383 e. The Morgan fingerprint density at radius 3 is 3.00 bits per heavy atom. The zero-order chi connectivity index (χ0) is 17.0. The van der Waals surface area contributed by atoms with E-state index in [4.69, 9.17) is 0 Å². The van der Waals surface area contributed by atoms with Gasteiger partial charge in [-0.25, -0.2) is 9.78 Å². The zero-order valence-corrected chi connectivity index (χ0v) is 14.7. The van der Waals surface area contributed by atoms with Crippen molar-refractivity contribution in [2.24, 2.45) is 0 Å². The van der Waals surface area contributed by atoms with E-state index in [1.54, 1.807) is 11.3 Å². The molecule has 1 aliphatic carbocycles.